The highest BCUT2D eigenvalue weighted by Gasteiger charge is 2.24. The summed E-state index contributed by atoms with van der Waals surface area (Å²) in [6, 6.07) is 5.20. The molecule has 1 aliphatic carbocycles. The van der Waals surface area contributed by atoms with Crippen molar-refractivity contribution in [2.75, 3.05) is 13.6 Å². The van der Waals surface area contributed by atoms with Crippen molar-refractivity contribution < 1.29 is 4.57 Å². The number of likely N-dealkylation sites (tertiary alicyclic amines) is 1. The molecule has 0 aromatic carbocycles. The van der Waals surface area contributed by atoms with Crippen LogP contribution in [0.25, 0.3) is 0 Å². The lowest BCUT2D eigenvalue weighted by atomic mass is 9.85. The van der Waals surface area contributed by atoms with Gasteiger partial charge in [-0.3, -0.25) is 4.90 Å². The molecule has 2 nitrogen and oxygen atoms in total. The Labute approximate surface area is 149 Å². The second kappa shape index (κ2) is 9.56. The van der Waals surface area contributed by atoms with E-state index in [4.69, 9.17) is 0 Å². The number of aryl methyl sites for hydroxylation is 1. The molecule has 2 fully saturated rings. The predicted molar refractivity (Wildman–Crippen MR) is 101 cm³/mol. The van der Waals surface area contributed by atoms with E-state index < -0.39 is 0 Å². The molecule has 1 unspecified atom stereocenters. The van der Waals surface area contributed by atoms with E-state index in [2.05, 4.69) is 41.0 Å². The second-order valence-electron chi connectivity index (χ2n) is 8.22. The Bertz CT molecular complexity index is 479. The maximum absolute atomic E-state index is 2.50. The number of pyridine rings is 1. The van der Waals surface area contributed by atoms with E-state index in [1.54, 1.807) is 0 Å². The van der Waals surface area contributed by atoms with Gasteiger partial charge in [-0.15, -0.1) is 0 Å². The van der Waals surface area contributed by atoms with Gasteiger partial charge in [0.1, 0.15) is 6.54 Å². The van der Waals surface area contributed by atoms with E-state index in [-0.39, 0.29) is 0 Å². The Morgan fingerprint density at radius 3 is 2.62 bits per heavy atom. The van der Waals surface area contributed by atoms with E-state index >= 15 is 0 Å². The van der Waals surface area contributed by atoms with Crippen molar-refractivity contribution in [2.24, 2.45) is 5.92 Å². The van der Waals surface area contributed by atoms with Crippen molar-refractivity contribution in [2.45, 2.75) is 89.6 Å². The van der Waals surface area contributed by atoms with Crippen molar-refractivity contribution in [1.82, 2.24) is 4.90 Å². The summed E-state index contributed by atoms with van der Waals surface area (Å²) in [6.45, 7) is 2.44. The molecular formula is C22H37N2+. The smallest absolute Gasteiger partial charge is 0.173 e. The SMILES string of the molecule is CN1CCCC1c1ccc[n+](CCCCCCC2CCCCC2)c1. The van der Waals surface area contributed by atoms with Crippen LogP contribution in [-0.4, -0.2) is 18.5 Å². The zero-order valence-electron chi connectivity index (χ0n) is 15.8. The fourth-order valence-corrected chi connectivity index (χ4v) is 4.77. The zero-order chi connectivity index (χ0) is 16.6. The summed E-state index contributed by atoms with van der Waals surface area (Å²) in [5.41, 5.74) is 1.51. The van der Waals surface area contributed by atoms with E-state index in [9.17, 15) is 0 Å². The Balaban J connectivity index is 1.33. The molecule has 1 aromatic heterocycles. The van der Waals surface area contributed by atoms with Crippen molar-refractivity contribution in [3.63, 3.8) is 0 Å². The Hall–Kier alpha value is -0.890. The van der Waals surface area contributed by atoms with Gasteiger partial charge in [0, 0.05) is 24.1 Å². The molecule has 24 heavy (non-hydrogen) atoms. The topological polar surface area (TPSA) is 7.12 Å². The predicted octanol–water partition coefficient (Wildman–Crippen LogP) is 5.27. The van der Waals surface area contributed by atoms with Crippen molar-refractivity contribution in [3.8, 4) is 0 Å². The molecule has 0 spiro atoms. The summed E-state index contributed by atoms with van der Waals surface area (Å²) in [5, 5.41) is 0. The maximum atomic E-state index is 2.50. The minimum atomic E-state index is 0.646. The molecule has 1 aliphatic heterocycles. The van der Waals surface area contributed by atoms with Gasteiger partial charge in [0.25, 0.3) is 0 Å². The normalized spacial score (nSPS) is 23.0. The lowest BCUT2D eigenvalue weighted by molar-refractivity contribution is -0.697. The van der Waals surface area contributed by atoms with Gasteiger partial charge < -0.3 is 0 Å². The number of rotatable bonds is 8. The molecule has 1 saturated carbocycles. The molecule has 3 rings (SSSR count). The quantitative estimate of drug-likeness (QED) is 0.465. The largest absolute Gasteiger partial charge is 0.299 e. The summed E-state index contributed by atoms with van der Waals surface area (Å²) in [7, 11) is 2.27. The standard InChI is InChI=1S/C22H37N2/c1-23-16-10-15-22(23)21-14-9-18-24(19-21)17-8-3-2-5-11-20-12-6-4-7-13-20/h9,14,18-20,22H,2-8,10-13,15-17H2,1H3/q+1. The van der Waals surface area contributed by atoms with Crippen LogP contribution in [0.3, 0.4) is 0 Å². The minimum Gasteiger partial charge on any atom is -0.299 e. The third-order valence-corrected chi connectivity index (χ3v) is 6.29. The maximum Gasteiger partial charge on any atom is 0.173 e. The zero-order valence-corrected chi connectivity index (χ0v) is 15.8. The van der Waals surface area contributed by atoms with Crippen LogP contribution in [0.15, 0.2) is 24.5 Å². The van der Waals surface area contributed by atoms with E-state index in [1.807, 2.05) is 0 Å². The number of hydrogen-bond acceptors (Lipinski definition) is 1. The summed E-state index contributed by atoms with van der Waals surface area (Å²) >= 11 is 0. The van der Waals surface area contributed by atoms with Crippen LogP contribution in [-0.2, 0) is 6.54 Å². The van der Waals surface area contributed by atoms with Crippen LogP contribution < -0.4 is 4.57 Å². The average molecular weight is 330 g/mol. The van der Waals surface area contributed by atoms with Gasteiger partial charge in [-0.2, -0.15) is 0 Å². The molecule has 0 amide bonds. The third kappa shape index (κ3) is 5.31. The number of nitrogens with zero attached hydrogens (tertiary/aromatic N) is 2. The van der Waals surface area contributed by atoms with Crippen LogP contribution in [0.1, 0.15) is 88.7 Å². The molecule has 0 N–H and O–H groups in total. The van der Waals surface area contributed by atoms with E-state index in [0.717, 1.165) is 5.92 Å². The van der Waals surface area contributed by atoms with Crippen molar-refractivity contribution in [3.05, 3.63) is 30.1 Å². The first-order chi connectivity index (χ1) is 11.8. The summed E-state index contributed by atoms with van der Waals surface area (Å²) < 4.78 is 2.42. The monoisotopic (exact) mass is 329 g/mol. The first-order valence-corrected chi connectivity index (χ1v) is 10.5. The summed E-state index contributed by atoms with van der Waals surface area (Å²) in [4.78, 5) is 2.50. The van der Waals surface area contributed by atoms with Gasteiger partial charge in [0.05, 0.1) is 0 Å². The molecular weight excluding hydrogens is 292 g/mol. The lowest BCUT2D eigenvalue weighted by Gasteiger charge is -2.21. The molecule has 1 saturated heterocycles. The van der Waals surface area contributed by atoms with Crippen LogP contribution >= 0.6 is 0 Å². The van der Waals surface area contributed by atoms with E-state index in [1.165, 1.54) is 95.7 Å². The molecule has 0 bridgehead atoms. The van der Waals surface area contributed by atoms with Gasteiger partial charge in [-0.1, -0.05) is 51.4 Å². The Kier molecular flexibility index (Phi) is 7.13. The molecule has 134 valence electrons. The Morgan fingerprint density at radius 1 is 1.00 bits per heavy atom. The second-order valence-corrected chi connectivity index (χ2v) is 8.22. The van der Waals surface area contributed by atoms with E-state index in [0.29, 0.717) is 6.04 Å². The van der Waals surface area contributed by atoms with Gasteiger partial charge in [0.15, 0.2) is 12.4 Å². The van der Waals surface area contributed by atoms with Gasteiger partial charge in [0.2, 0.25) is 0 Å². The van der Waals surface area contributed by atoms with Crippen molar-refractivity contribution in [1.29, 1.82) is 0 Å². The highest BCUT2D eigenvalue weighted by molar-refractivity contribution is 5.12. The summed E-state index contributed by atoms with van der Waals surface area (Å²) in [6.07, 6.45) is 21.9. The highest BCUT2D eigenvalue weighted by Crippen LogP contribution is 2.29. The summed E-state index contributed by atoms with van der Waals surface area (Å²) in [5.74, 6) is 1.06. The van der Waals surface area contributed by atoms with Gasteiger partial charge in [-0.25, -0.2) is 4.57 Å². The molecule has 2 aliphatic rings. The molecule has 2 heterocycles. The molecule has 2 heteroatoms. The number of hydrogen-bond donors (Lipinski definition) is 0. The number of aromatic nitrogens is 1. The van der Waals surface area contributed by atoms with Crippen LogP contribution in [0, 0.1) is 5.92 Å². The lowest BCUT2D eigenvalue weighted by Crippen LogP contribution is -2.34. The van der Waals surface area contributed by atoms with Crippen LogP contribution in [0.2, 0.25) is 0 Å². The first-order valence-electron chi connectivity index (χ1n) is 10.5. The molecule has 1 aromatic rings. The van der Waals surface area contributed by atoms with Gasteiger partial charge in [-0.05, 0) is 44.8 Å². The van der Waals surface area contributed by atoms with Crippen molar-refractivity contribution >= 4 is 0 Å². The molecule has 1 atom stereocenters. The third-order valence-electron chi connectivity index (χ3n) is 6.29. The average Bonchev–Trinajstić information content (AvgIpc) is 3.05. The Morgan fingerprint density at radius 2 is 1.83 bits per heavy atom. The van der Waals surface area contributed by atoms with Gasteiger partial charge >= 0.3 is 0 Å². The number of unbranched alkanes of at least 4 members (excludes halogenated alkanes) is 3. The fourth-order valence-electron chi connectivity index (χ4n) is 4.77. The minimum absolute atomic E-state index is 0.646. The fraction of sp³-hybridized carbons (Fsp3) is 0.773. The highest BCUT2D eigenvalue weighted by atomic mass is 15.1. The van der Waals surface area contributed by atoms with Crippen LogP contribution in [0.4, 0.5) is 0 Å². The van der Waals surface area contributed by atoms with Crippen LogP contribution in [0.5, 0.6) is 0 Å². The first kappa shape index (κ1) is 17.9. The molecule has 0 radical (unpaired) electrons.